The molecule has 0 bridgehead atoms. The van der Waals surface area contributed by atoms with Gasteiger partial charge in [0.1, 0.15) is 6.04 Å². The summed E-state index contributed by atoms with van der Waals surface area (Å²) in [6.07, 6.45) is 2.94. The van der Waals surface area contributed by atoms with Crippen molar-refractivity contribution in [1.29, 1.82) is 0 Å². The highest BCUT2D eigenvalue weighted by Gasteiger charge is 2.25. The second-order valence-corrected chi connectivity index (χ2v) is 8.41. The van der Waals surface area contributed by atoms with Crippen LogP contribution in [0.2, 0.25) is 0 Å². The zero-order chi connectivity index (χ0) is 19.2. The lowest BCUT2D eigenvalue weighted by molar-refractivity contribution is -0.128. The predicted molar refractivity (Wildman–Crippen MR) is 99.0 cm³/mol. The maximum Gasteiger partial charge on any atom is 0.243 e. The van der Waals surface area contributed by atoms with Crippen LogP contribution >= 0.6 is 0 Å². The SMILES string of the molecule is CCNC(=O)C(C)NC(=O)Cc1ccc(S(=O)(=O)N2CCCCC2)cc1. The largest absolute Gasteiger partial charge is 0.355 e. The summed E-state index contributed by atoms with van der Waals surface area (Å²) in [6, 6.07) is 5.76. The number of benzene rings is 1. The summed E-state index contributed by atoms with van der Waals surface area (Å²) >= 11 is 0. The van der Waals surface area contributed by atoms with Crippen molar-refractivity contribution in [2.45, 2.75) is 50.5 Å². The first-order valence-corrected chi connectivity index (χ1v) is 10.4. The van der Waals surface area contributed by atoms with E-state index in [-0.39, 0.29) is 23.1 Å². The van der Waals surface area contributed by atoms with Crippen molar-refractivity contribution >= 4 is 21.8 Å². The molecule has 0 radical (unpaired) electrons. The highest BCUT2D eigenvalue weighted by molar-refractivity contribution is 7.89. The van der Waals surface area contributed by atoms with Crippen molar-refractivity contribution in [1.82, 2.24) is 14.9 Å². The number of piperidine rings is 1. The minimum absolute atomic E-state index is 0.0911. The molecule has 1 atom stereocenters. The lowest BCUT2D eigenvalue weighted by Gasteiger charge is -2.25. The molecule has 2 rings (SSSR count). The zero-order valence-corrected chi connectivity index (χ0v) is 16.1. The van der Waals surface area contributed by atoms with Gasteiger partial charge in [0.25, 0.3) is 0 Å². The molecule has 1 fully saturated rings. The molecule has 1 saturated heterocycles. The standard InChI is InChI=1S/C18H27N3O4S/c1-3-19-18(23)14(2)20-17(22)13-15-7-9-16(10-8-15)26(24,25)21-11-5-4-6-12-21/h7-10,14H,3-6,11-13H2,1-2H3,(H,19,23)(H,20,22). The van der Waals surface area contributed by atoms with Crippen LogP contribution in [0.3, 0.4) is 0 Å². The molecule has 1 aliphatic rings. The van der Waals surface area contributed by atoms with E-state index in [1.807, 2.05) is 6.92 Å². The molecule has 26 heavy (non-hydrogen) atoms. The van der Waals surface area contributed by atoms with E-state index in [2.05, 4.69) is 10.6 Å². The zero-order valence-electron chi connectivity index (χ0n) is 15.3. The Morgan fingerprint density at radius 1 is 1.12 bits per heavy atom. The summed E-state index contributed by atoms with van der Waals surface area (Å²) in [6.45, 7) is 5.06. The van der Waals surface area contributed by atoms with Crippen LogP contribution in [-0.2, 0) is 26.0 Å². The number of amides is 2. The second kappa shape index (κ2) is 9.14. The topological polar surface area (TPSA) is 95.6 Å². The average molecular weight is 381 g/mol. The summed E-state index contributed by atoms with van der Waals surface area (Å²) in [5.74, 6) is -0.515. The first kappa shape index (κ1) is 20.4. The van der Waals surface area contributed by atoms with Gasteiger partial charge in [0.05, 0.1) is 11.3 Å². The van der Waals surface area contributed by atoms with Gasteiger partial charge in [0.2, 0.25) is 21.8 Å². The molecule has 1 aromatic rings. The van der Waals surface area contributed by atoms with Gasteiger partial charge >= 0.3 is 0 Å². The van der Waals surface area contributed by atoms with Gasteiger partial charge in [0.15, 0.2) is 0 Å². The third-order valence-electron chi connectivity index (χ3n) is 4.36. The Bertz CT molecular complexity index is 725. The quantitative estimate of drug-likeness (QED) is 0.738. The van der Waals surface area contributed by atoms with Crippen molar-refractivity contribution in [2.75, 3.05) is 19.6 Å². The van der Waals surface area contributed by atoms with Crippen molar-refractivity contribution < 1.29 is 18.0 Å². The van der Waals surface area contributed by atoms with Crippen LogP contribution in [0, 0.1) is 0 Å². The highest BCUT2D eigenvalue weighted by Crippen LogP contribution is 2.20. The number of hydrogen-bond acceptors (Lipinski definition) is 4. The van der Waals surface area contributed by atoms with Gasteiger partial charge in [-0.3, -0.25) is 9.59 Å². The van der Waals surface area contributed by atoms with E-state index in [9.17, 15) is 18.0 Å². The fourth-order valence-corrected chi connectivity index (χ4v) is 4.42. The molecule has 1 heterocycles. The number of carbonyl (C=O) groups is 2. The van der Waals surface area contributed by atoms with Gasteiger partial charge in [-0.1, -0.05) is 18.6 Å². The minimum atomic E-state index is -3.46. The smallest absolute Gasteiger partial charge is 0.243 e. The summed E-state index contributed by atoms with van der Waals surface area (Å²) in [5.41, 5.74) is 0.697. The van der Waals surface area contributed by atoms with Crippen molar-refractivity contribution in [3.8, 4) is 0 Å². The van der Waals surface area contributed by atoms with Gasteiger partial charge < -0.3 is 10.6 Å². The van der Waals surface area contributed by atoms with E-state index in [0.29, 0.717) is 25.2 Å². The first-order chi connectivity index (χ1) is 12.3. The Morgan fingerprint density at radius 2 is 1.73 bits per heavy atom. The van der Waals surface area contributed by atoms with Gasteiger partial charge in [0, 0.05) is 19.6 Å². The van der Waals surface area contributed by atoms with Crippen LogP contribution in [0.25, 0.3) is 0 Å². The number of likely N-dealkylation sites (N-methyl/N-ethyl adjacent to an activating group) is 1. The number of carbonyl (C=O) groups excluding carboxylic acids is 2. The van der Waals surface area contributed by atoms with Crippen LogP contribution in [-0.4, -0.2) is 50.2 Å². The molecule has 0 spiro atoms. The van der Waals surface area contributed by atoms with E-state index >= 15 is 0 Å². The predicted octanol–water partition coefficient (Wildman–Crippen LogP) is 1.04. The maximum absolute atomic E-state index is 12.6. The Kier molecular flexibility index (Phi) is 7.16. The number of nitrogens with one attached hydrogen (secondary N) is 2. The number of sulfonamides is 1. The van der Waals surface area contributed by atoms with Crippen LogP contribution in [0.5, 0.6) is 0 Å². The third kappa shape index (κ3) is 5.28. The lowest BCUT2D eigenvalue weighted by atomic mass is 10.1. The Balaban J connectivity index is 1.96. The third-order valence-corrected chi connectivity index (χ3v) is 6.28. The molecule has 1 aromatic carbocycles. The van der Waals surface area contributed by atoms with Gasteiger partial charge in [-0.15, -0.1) is 0 Å². The van der Waals surface area contributed by atoms with E-state index < -0.39 is 16.1 Å². The molecular weight excluding hydrogens is 354 g/mol. The summed E-state index contributed by atoms with van der Waals surface area (Å²) < 4.78 is 26.7. The summed E-state index contributed by atoms with van der Waals surface area (Å²) in [5, 5.41) is 5.28. The first-order valence-electron chi connectivity index (χ1n) is 9.00. The molecule has 8 heteroatoms. The van der Waals surface area contributed by atoms with Crippen LogP contribution in [0.15, 0.2) is 29.2 Å². The molecule has 2 N–H and O–H groups in total. The minimum Gasteiger partial charge on any atom is -0.355 e. The molecule has 2 amide bonds. The maximum atomic E-state index is 12.6. The fraction of sp³-hybridized carbons (Fsp3) is 0.556. The van der Waals surface area contributed by atoms with E-state index in [4.69, 9.17) is 0 Å². The summed E-state index contributed by atoms with van der Waals surface area (Å²) in [4.78, 5) is 23.9. The van der Waals surface area contributed by atoms with Gasteiger partial charge in [-0.2, -0.15) is 4.31 Å². The molecule has 0 aromatic heterocycles. The number of nitrogens with zero attached hydrogens (tertiary/aromatic N) is 1. The van der Waals surface area contributed by atoms with Gasteiger partial charge in [-0.05, 0) is 44.4 Å². The molecule has 144 valence electrons. The number of rotatable bonds is 7. The molecule has 7 nitrogen and oxygen atoms in total. The van der Waals surface area contributed by atoms with E-state index in [0.717, 1.165) is 19.3 Å². The second-order valence-electron chi connectivity index (χ2n) is 6.47. The normalized spacial score (nSPS) is 16.7. The number of hydrogen-bond donors (Lipinski definition) is 2. The molecular formula is C18H27N3O4S. The van der Waals surface area contributed by atoms with E-state index in [1.165, 1.54) is 4.31 Å². The molecule has 1 unspecified atom stereocenters. The van der Waals surface area contributed by atoms with E-state index in [1.54, 1.807) is 31.2 Å². The van der Waals surface area contributed by atoms with Crippen LogP contribution in [0.1, 0.15) is 38.7 Å². The average Bonchev–Trinajstić information content (AvgIpc) is 2.63. The van der Waals surface area contributed by atoms with Crippen molar-refractivity contribution in [3.63, 3.8) is 0 Å². The Morgan fingerprint density at radius 3 is 2.31 bits per heavy atom. The van der Waals surface area contributed by atoms with Crippen molar-refractivity contribution in [3.05, 3.63) is 29.8 Å². The highest BCUT2D eigenvalue weighted by atomic mass is 32.2. The van der Waals surface area contributed by atoms with Crippen molar-refractivity contribution in [2.24, 2.45) is 0 Å². The van der Waals surface area contributed by atoms with Gasteiger partial charge in [-0.25, -0.2) is 8.42 Å². The summed E-state index contributed by atoms with van der Waals surface area (Å²) in [7, 11) is -3.46. The fourth-order valence-electron chi connectivity index (χ4n) is 2.90. The lowest BCUT2D eigenvalue weighted by Crippen LogP contribution is -2.45. The Labute approximate surface area is 155 Å². The Hall–Kier alpha value is -1.93. The molecule has 0 saturated carbocycles. The van der Waals surface area contributed by atoms with Crippen LogP contribution in [0.4, 0.5) is 0 Å². The molecule has 1 aliphatic heterocycles. The molecule has 0 aliphatic carbocycles. The monoisotopic (exact) mass is 381 g/mol. The van der Waals surface area contributed by atoms with Crippen LogP contribution < -0.4 is 10.6 Å².